The first-order valence-corrected chi connectivity index (χ1v) is 10.2. The van der Waals surface area contributed by atoms with Gasteiger partial charge < -0.3 is 14.5 Å². The highest BCUT2D eigenvalue weighted by Gasteiger charge is 2.37. The Kier molecular flexibility index (Phi) is 4.42. The summed E-state index contributed by atoms with van der Waals surface area (Å²) in [7, 11) is 0. The number of amides is 1. The van der Waals surface area contributed by atoms with Crippen molar-refractivity contribution in [1.29, 1.82) is 0 Å². The minimum atomic E-state index is -0.624. The Bertz CT molecular complexity index is 1210. The van der Waals surface area contributed by atoms with Crippen LogP contribution in [0.1, 0.15) is 30.0 Å². The summed E-state index contributed by atoms with van der Waals surface area (Å²) in [6, 6.07) is 11.0. The fraction of sp³-hybridized carbons (Fsp3) is 0.364. The van der Waals surface area contributed by atoms with E-state index in [0.717, 1.165) is 28.6 Å². The molecule has 1 saturated heterocycles. The number of benzene rings is 1. The van der Waals surface area contributed by atoms with Crippen molar-refractivity contribution in [2.45, 2.75) is 31.7 Å². The van der Waals surface area contributed by atoms with Gasteiger partial charge in [0.05, 0.1) is 4.92 Å². The molecule has 0 aliphatic carbocycles. The maximum Gasteiger partial charge on any atom is 0.334 e. The summed E-state index contributed by atoms with van der Waals surface area (Å²) in [5.74, 6) is 0.309. The van der Waals surface area contributed by atoms with Gasteiger partial charge in [-0.05, 0) is 36.5 Å². The molecule has 154 valence electrons. The molecule has 1 aromatic carbocycles. The highest BCUT2D eigenvalue weighted by Crippen LogP contribution is 2.36. The van der Waals surface area contributed by atoms with Gasteiger partial charge in [-0.2, -0.15) is 0 Å². The number of nitro groups is 1. The number of hydrogen-bond donors (Lipinski definition) is 1. The Hall–Kier alpha value is -3.42. The van der Waals surface area contributed by atoms with E-state index in [2.05, 4.69) is 11.1 Å². The number of para-hydroxylation sites is 1. The number of carbonyl (C=O) groups is 1. The molecule has 2 aliphatic heterocycles. The van der Waals surface area contributed by atoms with Crippen LogP contribution in [-0.4, -0.2) is 38.4 Å². The zero-order valence-corrected chi connectivity index (χ0v) is 16.4. The quantitative estimate of drug-likeness (QED) is 0.532. The first-order chi connectivity index (χ1) is 14.5. The van der Waals surface area contributed by atoms with E-state index < -0.39 is 10.5 Å². The predicted molar refractivity (Wildman–Crippen MR) is 111 cm³/mol. The second-order valence-corrected chi connectivity index (χ2v) is 8.27. The van der Waals surface area contributed by atoms with Crippen LogP contribution in [0.4, 0.5) is 5.69 Å². The number of pyridine rings is 1. The lowest BCUT2D eigenvalue weighted by atomic mass is 9.83. The van der Waals surface area contributed by atoms with Crippen molar-refractivity contribution in [3.8, 4) is 0 Å². The van der Waals surface area contributed by atoms with Gasteiger partial charge in [-0.1, -0.05) is 18.2 Å². The first kappa shape index (κ1) is 18.6. The van der Waals surface area contributed by atoms with E-state index in [1.807, 2.05) is 29.3 Å². The molecule has 4 heterocycles. The largest absolute Gasteiger partial charge is 0.361 e. The molecular weight excluding hydrogens is 384 g/mol. The van der Waals surface area contributed by atoms with Gasteiger partial charge in [0.25, 0.3) is 0 Å². The summed E-state index contributed by atoms with van der Waals surface area (Å²) >= 11 is 0. The predicted octanol–water partition coefficient (Wildman–Crippen LogP) is 2.82. The van der Waals surface area contributed by atoms with E-state index in [-0.39, 0.29) is 23.4 Å². The summed E-state index contributed by atoms with van der Waals surface area (Å²) in [5, 5.41) is 12.2. The molecule has 5 rings (SSSR count). The number of rotatable bonds is 4. The fourth-order valence-electron chi connectivity index (χ4n) is 5.02. The van der Waals surface area contributed by atoms with Gasteiger partial charge >= 0.3 is 11.2 Å². The number of fused-ring (bicyclic) bond motifs is 5. The maximum absolute atomic E-state index is 12.9. The summed E-state index contributed by atoms with van der Waals surface area (Å²) in [5.41, 5.74) is 2.09. The number of hydrogen-bond acceptors (Lipinski definition) is 4. The zero-order chi connectivity index (χ0) is 20.8. The number of aromatic amines is 1. The standard InChI is InChI=1S/C22H22N4O4/c27-21(8-5-15-10-23-18-4-2-1-3-17(15)18)24-11-14-9-16(13-24)19-6-7-20(26(29)30)22(28)25(19)12-14/h1-4,6-7,10,14,16,23H,5,8-9,11-13H2/t14-,16-/m0/s1. The van der Waals surface area contributed by atoms with Gasteiger partial charge in [-0.15, -0.1) is 0 Å². The molecule has 1 fully saturated rings. The van der Waals surface area contributed by atoms with Crippen molar-refractivity contribution in [2.75, 3.05) is 13.1 Å². The van der Waals surface area contributed by atoms with E-state index in [0.29, 0.717) is 32.5 Å². The Morgan fingerprint density at radius 1 is 1.17 bits per heavy atom. The van der Waals surface area contributed by atoms with Crippen molar-refractivity contribution in [2.24, 2.45) is 5.92 Å². The van der Waals surface area contributed by atoms with E-state index in [1.54, 1.807) is 10.6 Å². The third kappa shape index (κ3) is 3.08. The number of likely N-dealkylation sites (tertiary alicyclic amines) is 1. The van der Waals surface area contributed by atoms with Crippen molar-refractivity contribution >= 4 is 22.5 Å². The van der Waals surface area contributed by atoms with Gasteiger partial charge in [0.2, 0.25) is 5.91 Å². The van der Waals surface area contributed by atoms with Gasteiger partial charge in [0, 0.05) is 60.8 Å². The van der Waals surface area contributed by atoms with Crippen molar-refractivity contribution in [3.05, 3.63) is 74.3 Å². The van der Waals surface area contributed by atoms with Crippen molar-refractivity contribution < 1.29 is 9.72 Å². The molecule has 8 heteroatoms. The van der Waals surface area contributed by atoms with Gasteiger partial charge in [-0.3, -0.25) is 19.7 Å². The highest BCUT2D eigenvalue weighted by molar-refractivity contribution is 5.84. The number of piperidine rings is 1. The zero-order valence-electron chi connectivity index (χ0n) is 16.4. The monoisotopic (exact) mass is 406 g/mol. The number of H-pyrrole nitrogens is 1. The average molecular weight is 406 g/mol. The molecule has 1 amide bonds. The van der Waals surface area contributed by atoms with Crippen LogP contribution >= 0.6 is 0 Å². The topological polar surface area (TPSA) is 101 Å². The Balaban J connectivity index is 1.31. The van der Waals surface area contributed by atoms with Crippen molar-refractivity contribution in [3.63, 3.8) is 0 Å². The first-order valence-electron chi connectivity index (χ1n) is 10.2. The van der Waals surface area contributed by atoms with Crippen LogP contribution in [0.15, 0.2) is 47.4 Å². The molecule has 2 aliphatic rings. The van der Waals surface area contributed by atoms with Crippen LogP contribution in [0.5, 0.6) is 0 Å². The number of nitrogens with one attached hydrogen (secondary N) is 1. The highest BCUT2D eigenvalue weighted by atomic mass is 16.6. The molecule has 0 spiro atoms. The molecule has 1 N–H and O–H groups in total. The van der Waals surface area contributed by atoms with Crippen LogP contribution in [0.25, 0.3) is 10.9 Å². The van der Waals surface area contributed by atoms with Gasteiger partial charge in [0.15, 0.2) is 0 Å². The van der Waals surface area contributed by atoms with Crippen LogP contribution < -0.4 is 5.56 Å². The van der Waals surface area contributed by atoms with E-state index >= 15 is 0 Å². The number of nitrogens with zero attached hydrogens (tertiary/aromatic N) is 3. The van der Waals surface area contributed by atoms with Gasteiger partial charge in [-0.25, -0.2) is 0 Å². The lowest BCUT2D eigenvalue weighted by molar-refractivity contribution is -0.386. The second-order valence-electron chi connectivity index (χ2n) is 8.27. The smallest absolute Gasteiger partial charge is 0.334 e. The SMILES string of the molecule is O=C(CCc1c[nH]c2ccccc12)N1C[C@@H]2C[C@@H](C1)c1ccc([N+](=O)[O-])c(=O)n1C2. The Morgan fingerprint density at radius 3 is 2.83 bits per heavy atom. The molecule has 0 saturated carbocycles. The number of aryl methyl sites for hydroxylation is 1. The lowest BCUT2D eigenvalue weighted by Crippen LogP contribution is -2.49. The van der Waals surface area contributed by atoms with E-state index in [1.165, 1.54) is 6.07 Å². The lowest BCUT2D eigenvalue weighted by Gasteiger charge is -2.42. The molecule has 0 radical (unpaired) electrons. The summed E-state index contributed by atoms with van der Waals surface area (Å²) in [6.07, 6.45) is 3.99. The maximum atomic E-state index is 12.9. The molecule has 8 nitrogen and oxygen atoms in total. The molecule has 30 heavy (non-hydrogen) atoms. The molecule has 0 unspecified atom stereocenters. The van der Waals surface area contributed by atoms with Crippen molar-refractivity contribution in [1.82, 2.24) is 14.5 Å². The Labute approximate surface area is 172 Å². The minimum Gasteiger partial charge on any atom is -0.361 e. The molecule has 2 bridgehead atoms. The third-order valence-electron chi connectivity index (χ3n) is 6.42. The third-order valence-corrected chi connectivity index (χ3v) is 6.42. The number of carbonyl (C=O) groups excluding carboxylic acids is 1. The summed E-state index contributed by atoms with van der Waals surface area (Å²) in [6.45, 7) is 1.58. The van der Waals surface area contributed by atoms with Crippen LogP contribution in [0.2, 0.25) is 0 Å². The van der Waals surface area contributed by atoms with Crippen LogP contribution in [0, 0.1) is 16.0 Å². The summed E-state index contributed by atoms with van der Waals surface area (Å²) < 4.78 is 1.55. The number of aromatic nitrogens is 2. The molecule has 2 atom stereocenters. The molecule has 3 aromatic rings. The minimum absolute atomic E-state index is 0.0445. The molecular formula is C22H22N4O4. The average Bonchev–Trinajstić information content (AvgIpc) is 3.15. The van der Waals surface area contributed by atoms with Crippen LogP contribution in [-0.2, 0) is 17.8 Å². The fourth-order valence-corrected chi connectivity index (χ4v) is 5.02. The Morgan fingerprint density at radius 2 is 2.00 bits per heavy atom. The second kappa shape index (κ2) is 7.12. The normalized spacial score (nSPS) is 20.2. The van der Waals surface area contributed by atoms with Gasteiger partial charge in [0.1, 0.15) is 0 Å². The summed E-state index contributed by atoms with van der Waals surface area (Å²) in [4.78, 5) is 41.0. The van der Waals surface area contributed by atoms with Crippen LogP contribution in [0.3, 0.4) is 0 Å². The van der Waals surface area contributed by atoms with E-state index in [4.69, 9.17) is 0 Å². The molecule has 2 aromatic heterocycles. The van der Waals surface area contributed by atoms with E-state index in [9.17, 15) is 19.7 Å².